The molecule has 0 atom stereocenters. The van der Waals surface area contributed by atoms with E-state index in [0.29, 0.717) is 21.2 Å². The molecule has 4 nitrogen and oxygen atoms in total. The Labute approximate surface area is 144 Å². The second kappa shape index (κ2) is 6.20. The van der Waals surface area contributed by atoms with Crippen LogP contribution in [0.5, 0.6) is 0 Å². The van der Waals surface area contributed by atoms with Crippen molar-refractivity contribution in [2.24, 2.45) is 4.99 Å². The first kappa shape index (κ1) is 15.2. The van der Waals surface area contributed by atoms with Crippen molar-refractivity contribution in [3.05, 3.63) is 68.0 Å². The van der Waals surface area contributed by atoms with Gasteiger partial charge in [-0.1, -0.05) is 35.3 Å². The third-order valence-electron chi connectivity index (χ3n) is 2.85. The van der Waals surface area contributed by atoms with Crippen molar-refractivity contribution in [3.63, 3.8) is 0 Å². The van der Waals surface area contributed by atoms with Gasteiger partial charge < -0.3 is 4.74 Å². The maximum Gasteiger partial charge on any atom is 0.363 e. The first-order valence-corrected chi connectivity index (χ1v) is 7.67. The lowest BCUT2D eigenvalue weighted by molar-refractivity contribution is -0.129. The molecule has 22 heavy (non-hydrogen) atoms. The summed E-state index contributed by atoms with van der Waals surface area (Å²) >= 11 is 15.4. The third kappa shape index (κ3) is 3.06. The van der Waals surface area contributed by atoms with E-state index < -0.39 is 5.97 Å². The summed E-state index contributed by atoms with van der Waals surface area (Å²) in [5, 5.41) is 0.764. The van der Waals surface area contributed by atoms with Crippen LogP contribution in [0.2, 0.25) is 10.0 Å². The largest absolute Gasteiger partial charge is 0.402 e. The molecule has 0 spiro atoms. The highest BCUT2D eigenvalue weighted by Gasteiger charge is 2.24. The van der Waals surface area contributed by atoms with Crippen molar-refractivity contribution >= 4 is 57.1 Å². The van der Waals surface area contributed by atoms with Gasteiger partial charge in [-0.05, 0) is 39.7 Å². The van der Waals surface area contributed by atoms with Gasteiger partial charge >= 0.3 is 5.97 Å². The fraction of sp³-hybridized carbons (Fsp3) is 0. The number of hydrogen-bond donors (Lipinski definition) is 0. The van der Waals surface area contributed by atoms with Crippen LogP contribution in [0, 0.1) is 0 Å². The standard InChI is InChI=1S/C15H7BrCl2N2O2/c16-10-4-9(6-19-7-10)14-20-12(15(21)22-14)5-8-2-1-3-11(17)13(8)18/h1-7H/b12-5-. The number of cyclic esters (lactones) is 1. The van der Waals surface area contributed by atoms with Gasteiger partial charge in [-0.25, -0.2) is 9.79 Å². The smallest absolute Gasteiger partial charge is 0.363 e. The van der Waals surface area contributed by atoms with Gasteiger partial charge in [0.1, 0.15) is 0 Å². The van der Waals surface area contributed by atoms with Gasteiger partial charge in [0.2, 0.25) is 5.90 Å². The molecule has 2 aromatic rings. The number of hydrogen-bond acceptors (Lipinski definition) is 4. The highest BCUT2D eigenvalue weighted by atomic mass is 79.9. The molecule has 7 heteroatoms. The van der Waals surface area contributed by atoms with Crippen LogP contribution in [0.3, 0.4) is 0 Å². The quantitative estimate of drug-likeness (QED) is 0.553. The number of ether oxygens (including phenoxy) is 1. The Morgan fingerprint density at radius 2 is 2.05 bits per heavy atom. The second-order valence-corrected chi connectivity index (χ2v) is 6.07. The zero-order chi connectivity index (χ0) is 15.7. The summed E-state index contributed by atoms with van der Waals surface area (Å²) in [6.45, 7) is 0. The van der Waals surface area contributed by atoms with Crippen molar-refractivity contribution in [3.8, 4) is 0 Å². The Morgan fingerprint density at radius 1 is 1.23 bits per heavy atom. The minimum Gasteiger partial charge on any atom is -0.402 e. The average Bonchev–Trinajstić information content (AvgIpc) is 2.85. The topological polar surface area (TPSA) is 51.5 Å². The second-order valence-electron chi connectivity index (χ2n) is 4.37. The van der Waals surface area contributed by atoms with Crippen molar-refractivity contribution in [2.45, 2.75) is 0 Å². The van der Waals surface area contributed by atoms with E-state index in [9.17, 15) is 4.79 Å². The number of halogens is 3. The summed E-state index contributed by atoms with van der Waals surface area (Å²) in [4.78, 5) is 20.1. The van der Waals surface area contributed by atoms with E-state index in [0.717, 1.165) is 4.47 Å². The molecule has 1 aliphatic rings. The van der Waals surface area contributed by atoms with E-state index in [4.69, 9.17) is 27.9 Å². The van der Waals surface area contributed by atoms with Gasteiger partial charge in [-0.2, -0.15) is 0 Å². The number of benzene rings is 1. The Balaban J connectivity index is 2.00. The lowest BCUT2D eigenvalue weighted by atomic mass is 10.2. The van der Waals surface area contributed by atoms with Crippen LogP contribution < -0.4 is 0 Å². The monoisotopic (exact) mass is 396 g/mol. The van der Waals surface area contributed by atoms with Crippen LogP contribution in [-0.2, 0) is 9.53 Å². The van der Waals surface area contributed by atoms with Gasteiger partial charge in [0.05, 0.1) is 15.6 Å². The van der Waals surface area contributed by atoms with Crippen molar-refractivity contribution in [1.29, 1.82) is 0 Å². The number of carbonyl (C=O) groups is 1. The molecule has 2 heterocycles. The molecule has 0 amide bonds. The van der Waals surface area contributed by atoms with E-state index in [1.54, 1.807) is 36.7 Å². The molecule has 0 N–H and O–H groups in total. The van der Waals surface area contributed by atoms with Gasteiger partial charge in [-0.15, -0.1) is 0 Å². The van der Waals surface area contributed by atoms with E-state index in [1.807, 2.05) is 0 Å². The predicted molar refractivity (Wildman–Crippen MR) is 89.0 cm³/mol. The average molecular weight is 398 g/mol. The van der Waals surface area contributed by atoms with Gasteiger partial charge in [0, 0.05) is 16.9 Å². The molecule has 3 rings (SSSR count). The summed E-state index contributed by atoms with van der Waals surface area (Å²) in [5.41, 5.74) is 1.35. The van der Waals surface area contributed by atoms with Crippen LogP contribution >= 0.6 is 39.1 Å². The van der Waals surface area contributed by atoms with Gasteiger partial charge in [0.15, 0.2) is 5.70 Å². The first-order valence-electron chi connectivity index (χ1n) is 6.12. The Bertz CT molecular complexity index is 834. The molecule has 0 saturated carbocycles. The SMILES string of the molecule is O=C1OC(c2cncc(Br)c2)=N/C1=C\c1cccc(Cl)c1Cl. The molecule has 0 bridgehead atoms. The minimum absolute atomic E-state index is 0.152. The molecule has 1 aromatic carbocycles. The zero-order valence-electron chi connectivity index (χ0n) is 10.9. The maximum atomic E-state index is 11.9. The predicted octanol–water partition coefficient (Wildman–Crippen LogP) is 4.50. The van der Waals surface area contributed by atoms with Crippen molar-refractivity contribution in [1.82, 2.24) is 4.98 Å². The van der Waals surface area contributed by atoms with Crippen molar-refractivity contribution in [2.75, 3.05) is 0 Å². The highest BCUT2D eigenvalue weighted by molar-refractivity contribution is 9.10. The number of nitrogens with zero attached hydrogens (tertiary/aromatic N) is 2. The molecule has 0 unspecified atom stereocenters. The summed E-state index contributed by atoms with van der Waals surface area (Å²) in [7, 11) is 0. The van der Waals surface area contributed by atoms with Crippen LogP contribution in [0.1, 0.15) is 11.1 Å². The van der Waals surface area contributed by atoms with Crippen LogP contribution in [0.15, 0.2) is 51.8 Å². The summed E-state index contributed by atoms with van der Waals surface area (Å²) in [6.07, 6.45) is 4.73. The normalized spacial score (nSPS) is 15.9. The molecule has 0 fully saturated rings. The van der Waals surface area contributed by atoms with E-state index in [2.05, 4.69) is 25.9 Å². The lowest BCUT2D eigenvalue weighted by Crippen LogP contribution is -2.05. The number of pyridine rings is 1. The van der Waals surface area contributed by atoms with Crippen LogP contribution in [0.25, 0.3) is 6.08 Å². The van der Waals surface area contributed by atoms with Crippen LogP contribution in [-0.4, -0.2) is 16.9 Å². The number of aromatic nitrogens is 1. The Hall–Kier alpha value is -1.69. The fourth-order valence-corrected chi connectivity index (χ4v) is 2.57. The fourth-order valence-electron chi connectivity index (χ4n) is 1.84. The molecule has 0 saturated heterocycles. The number of aliphatic imine (C=N–C) groups is 1. The Kier molecular flexibility index (Phi) is 4.29. The molecular weight excluding hydrogens is 391 g/mol. The molecule has 110 valence electrons. The zero-order valence-corrected chi connectivity index (χ0v) is 14.0. The lowest BCUT2D eigenvalue weighted by Gasteiger charge is -2.00. The van der Waals surface area contributed by atoms with Crippen LogP contribution in [0.4, 0.5) is 0 Å². The van der Waals surface area contributed by atoms with E-state index in [1.165, 1.54) is 6.08 Å². The molecule has 0 radical (unpaired) electrons. The van der Waals surface area contributed by atoms with E-state index in [-0.39, 0.29) is 11.6 Å². The number of rotatable bonds is 2. The minimum atomic E-state index is -0.550. The van der Waals surface area contributed by atoms with Gasteiger partial charge in [-0.3, -0.25) is 4.98 Å². The highest BCUT2D eigenvalue weighted by Crippen LogP contribution is 2.28. The maximum absolute atomic E-state index is 11.9. The molecular formula is C15H7BrCl2N2O2. The van der Waals surface area contributed by atoms with Gasteiger partial charge in [0.25, 0.3) is 0 Å². The summed E-state index contributed by atoms with van der Waals surface area (Å²) in [6, 6.07) is 6.90. The number of esters is 1. The Morgan fingerprint density at radius 3 is 2.82 bits per heavy atom. The summed E-state index contributed by atoms with van der Waals surface area (Å²) in [5.74, 6) is -0.353. The molecule has 0 aliphatic carbocycles. The first-order chi connectivity index (χ1) is 10.5. The van der Waals surface area contributed by atoms with Crippen molar-refractivity contribution < 1.29 is 9.53 Å². The summed E-state index contributed by atoms with van der Waals surface area (Å²) < 4.78 is 5.93. The molecule has 1 aromatic heterocycles. The third-order valence-corrected chi connectivity index (χ3v) is 4.11. The number of carbonyl (C=O) groups excluding carboxylic acids is 1. The van der Waals surface area contributed by atoms with E-state index >= 15 is 0 Å². The molecule has 1 aliphatic heterocycles.